The molecule has 0 spiro atoms. The maximum Gasteiger partial charge on any atom is 0.291 e. The van der Waals surface area contributed by atoms with Crippen molar-refractivity contribution >= 4 is 28.9 Å². The number of nitro benzene ring substituents is 1. The van der Waals surface area contributed by atoms with Crippen LogP contribution in [0.1, 0.15) is 6.92 Å². The van der Waals surface area contributed by atoms with Gasteiger partial charge in [0.15, 0.2) is 6.10 Å². The Morgan fingerprint density at radius 3 is 2.52 bits per heavy atom. The summed E-state index contributed by atoms with van der Waals surface area (Å²) < 4.78 is 23.3. The Labute approximate surface area is 147 Å². The van der Waals surface area contributed by atoms with E-state index in [2.05, 4.69) is 5.32 Å². The van der Waals surface area contributed by atoms with Crippen molar-refractivity contribution in [2.24, 2.45) is 0 Å². The summed E-state index contributed by atoms with van der Waals surface area (Å²) in [5.41, 5.74) is -0.176. The van der Waals surface area contributed by atoms with Crippen molar-refractivity contribution in [1.82, 2.24) is 0 Å². The third kappa shape index (κ3) is 4.57. The predicted molar refractivity (Wildman–Crippen MR) is 89.8 cm³/mol. The van der Waals surface area contributed by atoms with Crippen molar-refractivity contribution < 1.29 is 23.6 Å². The summed E-state index contributed by atoms with van der Waals surface area (Å²) in [6.07, 6.45) is -0.913. The van der Waals surface area contributed by atoms with Gasteiger partial charge in [-0.2, -0.15) is 0 Å². The van der Waals surface area contributed by atoms with E-state index in [4.69, 9.17) is 21.1 Å². The van der Waals surface area contributed by atoms with E-state index in [0.717, 1.165) is 6.07 Å². The van der Waals surface area contributed by atoms with Gasteiger partial charge in [-0.25, -0.2) is 4.39 Å². The lowest BCUT2D eigenvalue weighted by atomic mass is 10.2. The second-order valence-electron chi connectivity index (χ2n) is 4.96. The molecule has 2 rings (SSSR count). The number of hydrogen-bond acceptors (Lipinski definition) is 5. The number of nitrogens with one attached hydrogen (secondary N) is 1. The highest BCUT2D eigenvalue weighted by atomic mass is 35.5. The molecule has 2 aromatic rings. The number of hydrogen-bond donors (Lipinski definition) is 1. The minimum Gasteiger partial charge on any atom is -0.494 e. The molecule has 0 saturated heterocycles. The standard InChI is InChI=1S/C16H14ClFN2O5/c1-9(25-11-5-3-10(18)4-6-11)16(21)19-13-7-12(17)14(20(22)23)8-15(13)24-2/h3-9H,1-2H3,(H,19,21). The highest BCUT2D eigenvalue weighted by molar-refractivity contribution is 6.33. The molecule has 0 fully saturated rings. The molecule has 0 radical (unpaired) electrons. The summed E-state index contributed by atoms with van der Waals surface area (Å²) in [4.78, 5) is 22.5. The second-order valence-corrected chi connectivity index (χ2v) is 5.37. The van der Waals surface area contributed by atoms with Crippen LogP contribution in [0.2, 0.25) is 5.02 Å². The number of rotatable bonds is 6. The summed E-state index contributed by atoms with van der Waals surface area (Å²) in [6.45, 7) is 1.50. The van der Waals surface area contributed by atoms with Gasteiger partial charge in [-0.15, -0.1) is 0 Å². The van der Waals surface area contributed by atoms with E-state index in [9.17, 15) is 19.3 Å². The number of anilines is 1. The lowest BCUT2D eigenvalue weighted by Gasteiger charge is -2.16. The van der Waals surface area contributed by atoms with Crippen LogP contribution < -0.4 is 14.8 Å². The highest BCUT2D eigenvalue weighted by Gasteiger charge is 2.21. The zero-order valence-electron chi connectivity index (χ0n) is 13.3. The molecular weight excluding hydrogens is 355 g/mol. The molecule has 0 aliphatic rings. The largest absolute Gasteiger partial charge is 0.494 e. The first-order chi connectivity index (χ1) is 11.8. The number of halogens is 2. The van der Waals surface area contributed by atoms with Crippen molar-refractivity contribution in [2.75, 3.05) is 12.4 Å². The summed E-state index contributed by atoms with van der Waals surface area (Å²) >= 11 is 5.85. The van der Waals surface area contributed by atoms with E-state index in [0.29, 0.717) is 5.75 Å². The van der Waals surface area contributed by atoms with Gasteiger partial charge in [0.1, 0.15) is 22.3 Å². The quantitative estimate of drug-likeness (QED) is 0.618. The number of ether oxygens (including phenoxy) is 2. The second kappa shape index (κ2) is 7.80. The van der Waals surface area contributed by atoms with Crippen LogP contribution in [0.5, 0.6) is 11.5 Å². The molecule has 0 saturated carbocycles. The molecule has 0 aliphatic carbocycles. The fraction of sp³-hybridized carbons (Fsp3) is 0.188. The number of amides is 1. The van der Waals surface area contributed by atoms with E-state index in [1.54, 1.807) is 0 Å². The van der Waals surface area contributed by atoms with Crippen LogP contribution >= 0.6 is 11.6 Å². The number of carbonyl (C=O) groups is 1. The molecule has 0 heterocycles. The van der Waals surface area contributed by atoms with Crippen LogP contribution in [0, 0.1) is 15.9 Å². The zero-order chi connectivity index (χ0) is 18.6. The first-order valence-electron chi connectivity index (χ1n) is 7.07. The van der Waals surface area contributed by atoms with Crippen LogP contribution in [0.4, 0.5) is 15.8 Å². The van der Waals surface area contributed by atoms with Crippen molar-refractivity contribution in [2.45, 2.75) is 13.0 Å². The van der Waals surface area contributed by atoms with Crippen LogP contribution in [0.25, 0.3) is 0 Å². The first kappa shape index (κ1) is 18.5. The van der Waals surface area contributed by atoms with Gasteiger partial charge in [0.2, 0.25) is 0 Å². The summed E-state index contributed by atoms with van der Waals surface area (Å²) in [7, 11) is 1.31. The Morgan fingerprint density at radius 2 is 1.96 bits per heavy atom. The van der Waals surface area contributed by atoms with Crippen LogP contribution in [-0.4, -0.2) is 24.0 Å². The molecule has 1 amide bonds. The number of nitrogens with zero attached hydrogens (tertiary/aromatic N) is 1. The maximum absolute atomic E-state index is 12.9. The third-order valence-electron chi connectivity index (χ3n) is 3.22. The topological polar surface area (TPSA) is 90.7 Å². The van der Waals surface area contributed by atoms with Crippen molar-refractivity contribution in [1.29, 1.82) is 0 Å². The Hall–Kier alpha value is -2.87. The third-order valence-corrected chi connectivity index (χ3v) is 3.52. The van der Waals surface area contributed by atoms with E-state index in [1.165, 1.54) is 44.4 Å². The van der Waals surface area contributed by atoms with Gasteiger partial charge in [0, 0.05) is 0 Å². The van der Waals surface area contributed by atoms with E-state index in [-0.39, 0.29) is 22.1 Å². The molecule has 1 unspecified atom stereocenters. The van der Waals surface area contributed by atoms with E-state index in [1.807, 2.05) is 0 Å². The van der Waals surface area contributed by atoms with Gasteiger partial charge in [-0.3, -0.25) is 14.9 Å². The molecule has 9 heteroatoms. The highest BCUT2D eigenvalue weighted by Crippen LogP contribution is 2.35. The molecule has 0 aromatic heterocycles. The fourth-order valence-corrected chi connectivity index (χ4v) is 2.19. The molecule has 1 N–H and O–H groups in total. The van der Waals surface area contributed by atoms with Gasteiger partial charge in [0.25, 0.3) is 11.6 Å². The number of carbonyl (C=O) groups excluding carboxylic acids is 1. The molecule has 2 aromatic carbocycles. The zero-order valence-corrected chi connectivity index (χ0v) is 14.0. The Bertz CT molecular complexity index is 798. The Kier molecular flexibility index (Phi) is 5.76. The summed E-state index contributed by atoms with van der Waals surface area (Å²) in [5.74, 6) is -0.557. The molecule has 0 aliphatic heterocycles. The monoisotopic (exact) mass is 368 g/mol. The molecule has 25 heavy (non-hydrogen) atoms. The molecule has 7 nitrogen and oxygen atoms in total. The Balaban J connectivity index is 2.14. The normalized spacial score (nSPS) is 11.5. The van der Waals surface area contributed by atoms with Crippen LogP contribution in [0.3, 0.4) is 0 Å². The molecule has 0 bridgehead atoms. The number of nitro groups is 1. The average Bonchev–Trinajstić information content (AvgIpc) is 2.56. The summed E-state index contributed by atoms with van der Waals surface area (Å²) in [5, 5.41) is 13.3. The van der Waals surface area contributed by atoms with Gasteiger partial charge in [-0.05, 0) is 37.3 Å². The van der Waals surface area contributed by atoms with E-state index >= 15 is 0 Å². The van der Waals surface area contributed by atoms with Crippen LogP contribution in [0.15, 0.2) is 36.4 Å². The van der Waals surface area contributed by atoms with Gasteiger partial charge in [0.05, 0.1) is 23.8 Å². The van der Waals surface area contributed by atoms with Gasteiger partial charge < -0.3 is 14.8 Å². The van der Waals surface area contributed by atoms with Crippen molar-refractivity contribution in [3.8, 4) is 11.5 Å². The minimum absolute atomic E-state index is 0.0819. The summed E-state index contributed by atoms with van der Waals surface area (Å²) in [6, 6.07) is 7.54. The Morgan fingerprint density at radius 1 is 1.32 bits per heavy atom. The SMILES string of the molecule is COc1cc([N+](=O)[O-])c(Cl)cc1NC(=O)C(C)Oc1ccc(F)cc1. The molecular formula is C16H14ClFN2O5. The van der Waals surface area contributed by atoms with Crippen molar-refractivity contribution in [3.63, 3.8) is 0 Å². The fourth-order valence-electron chi connectivity index (χ4n) is 1.95. The number of benzene rings is 2. The maximum atomic E-state index is 12.9. The first-order valence-corrected chi connectivity index (χ1v) is 7.44. The molecule has 1 atom stereocenters. The predicted octanol–water partition coefficient (Wildman–Crippen LogP) is 3.80. The number of methoxy groups -OCH3 is 1. The smallest absolute Gasteiger partial charge is 0.291 e. The van der Waals surface area contributed by atoms with Crippen LogP contribution in [-0.2, 0) is 4.79 Å². The van der Waals surface area contributed by atoms with Gasteiger partial charge >= 0.3 is 0 Å². The lowest BCUT2D eigenvalue weighted by Crippen LogP contribution is -2.30. The van der Waals surface area contributed by atoms with E-state index < -0.39 is 22.8 Å². The minimum atomic E-state index is -0.913. The average molecular weight is 369 g/mol. The molecule has 132 valence electrons. The van der Waals surface area contributed by atoms with Crippen molar-refractivity contribution in [3.05, 3.63) is 57.4 Å². The lowest BCUT2D eigenvalue weighted by molar-refractivity contribution is -0.384. The van der Waals surface area contributed by atoms with Gasteiger partial charge in [-0.1, -0.05) is 11.6 Å².